The lowest BCUT2D eigenvalue weighted by molar-refractivity contribution is 0.0734. The lowest BCUT2D eigenvalue weighted by Crippen LogP contribution is -2.19. The molecule has 0 spiro atoms. The second kappa shape index (κ2) is 11.6. The van der Waals surface area contributed by atoms with Gasteiger partial charge in [-0.2, -0.15) is 5.10 Å². The van der Waals surface area contributed by atoms with Gasteiger partial charge in [0.25, 0.3) is 5.91 Å². The SMILES string of the molecule is Cc1ccc(C(=O)Oc2ccc(Br)cc2C=NNC(=O)c2[nH]c3c(Cl)cc(Br)cc3c2-c2ccccc2)cc1. The number of nitrogens with one attached hydrogen (secondary N) is 2. The summed E-state index contributed by atoms with van der Waals surface area (Å²) in [7, 11) is 0. The van der Waals surface area contributed by atoms with Crippen LogP contribution < -0.4 is 10.2 Å². The van der Waals surface area contributed by atoms with Crippen LogP contribution in [0.5, 0.6) is 5.75 Å². The quantitative estimate of drug-likeness (QED) is 0.0829. The van der Waals surface area contributed by atoms with Crippen molar-refractivity contribution < 1.29 is 14.3 Å². The molecule has 0 aliphatic heterocycles. The van der Waals surface area contributed by atoms with Gasteiger partial charge >= 0.3 is 5.97 Å². The van der Waals surface area contributed by atoms with Gasteiger partial charge in [0.1, 0.15) is 11.4 Å². The first-order chi connectivity index (χ1) is 18.8. The minimum atomic E-state index is -0.496. The summed E-state index contributed by atoms with van der Waals surface area (Å²) in [5, 5.41) is 5.44. The third kappa shape index (κ3) is 5.98. The van der Waals surface area contributed by atoms with E-state index in [0.29, 0.717) is 38.7 Å². The van der Waals surface area contributed by atoms with Crippen LogP contribution in [0.1, 0.15) is 32.0 Å². The zero-order valence-corrected chi connectivity index (χ0v) is 24.4. The number of ether oxygens (including phenoxy) is 1. The number of carbonyl (C=O) groups is 2. The van der Waals surface area contributed by atoms with Crippen LogP contribution in [-0.4, -0.2) is 23.1 Å². The first kappa shape index (κ1) is 26.9. The van der Waals surface area contributed by atoms with Gasteiger partial charge in [-0.15, -0.1) is 0 Å². The number of nitrogens with zero attached hydrogens (tertiary/aromatic N) is 1. The number of carbonyl (C=O) groups excluding carboxylic acids is 2. The van der Waals surface area contributed by atoms with E-state index in [1.165, 1.54) is 6.21 Å². The fourth-order valence-electron chi connectivity index (χ4n) is 4.07. The highest BCUT2D eigenvalue weighted by molar-refractivity contribution is 9.10. The first-order valence-electron chi connectivity index (χ1n) is 11.8. The Morgan fingerprint density at radius 2 is 1.69 bits per heavy atom. The summed E-state index contributed by atoms with van der Waals surface area (Å²) in [6.45, 7) is 1.94. The third-order valence-electron chi connectivity index (χ3n) is 5.95. The van der Waals surface area contributed by atoms with E-state index in [1.54, 1.807) is 36.4 Å². The lowest BCUT2D eigenvalue weighted by Gasteiger charge is -2.08. The van der Waals surface area contributed by atoms with Crippen molar-refractivity contribution in [2.45, 2.75) is 6.92 Å². The molecular formula is C30H20Br2ClN3O3. The maximum atomic E-state index is 13.3. The molecule has 0 aliphatic rings. The van der Waals surface area contributed by atoms with Crippen molar-refractivity contribution >= 4 is 72.5 Å². The number of aromatic nitrogens is 1. The molecule has 0 bridgehead atoms. The number of hydrazone groups is 1. The Morgan fingerprint density at radius 3 is 2.44 bits per heavy atom. The predicted molar refractivity (Wildman–Crippen MR) is 162 cm³/mol. The Labute approximate surface area is 246 Å². The van der Waals surface area contributed by atoms with Gasteiger partial charge in [-0.05, 0) is 55.0 Å². The van der Waals surface area contributed by atoms with E-state index in [-0.39, 0.29) is 0 Å². The molecule has 0 saturated carbocycles. The maximum absolute atomic E-state index is 13.3. The smallest absolute Gasteiger partial charge is 0.343 e. The zero-order chi connectivity index (χ0) is 27.5. The van der Waals surface area contributed by atoms with E-state index in [9.17, 15) is 9.59 Å². The largest absolute Gasteiger partial charge is 0.422 e. The fraction of sp³-hybridized carbons (Fsp3) is 0.0333. The molecular weight excluding hydrogens is 646 g/mol. The first-order valence-corrected chi connectivity index (χ1v) is 13.7. The van der Waals surface area contributed by atoms with E-state index >= 15 is 0 Å². The standard InChI is InChI=1S/C30H20Br2ClN3O3/c1-17-7-9-19(10-8-17)30(38)39-25-12-11-21(31)13-20(25)16-34-36-29(37)28-26(18-5-3-2-4-6-18)23-14-22(32)15-24(33)27(23)35-28/h2-16,35H,1H3,(H,36,37). The van der Waals surface area contributed by atoms with Crippen molar-refractivity contribution in [3.05, 3.63) is 121 Å². The number of fused-ring (bicyclic) bond motifs is 1. The second-order valence-corrected chi connectivity index (χ2v) is 10.9. The number of H-pyrrole nitrogens is 1. The molecule has 0 saturated heterocycles. The Hall–Kier alpha value is -3.72. The summed E-state index contributed by atoms with van der Waals surface area (Å²) >= 11 is 13.4. The molecule has 194 valence electrons. The van der Waals surface area contributed by atoms with Gasteiger partial charge < -0.3 is 9.72 Å². The molecule has 1 amide bonds. The average Bonchev–Trinajstić information content (AvgIpc) is 3.31. The van der Waals surface area contributed by atoms with Crippen molar-refractivity contribution in [2.75, 3.05) is 0 Å². The Morgan fingerprint density at radius 1 is 0.949 bits per heavy atom. The summed E-state index contributed by atoms with van der Waals surface area (Å²) in [6, 6.07) is 25.5. The number of rotatable bonds is 6. The third-order valence-corrected chi connectivity index (χ3v) is 7.19. The van der Waals surface area contributed by atoms with E-state index in [1.807, 2.05) is 55.5 Å². The highest BCUT2D eigenvalue weighted by Gasteiger charge is 2.21. The molecule has 5 aromatic rings. The molecule has 9 heteroatoms. The van der Waals surface area contributed by atoms with Crippen LogP contribution in [-0.2, 0) is 0 Å². The molecule has 39 heavy (non-hydrogen) atoms. The van der Waals surface area contributed by atoms with Gasteiger partial charge in [0.05, 0.1) is 22.3 Å². The number of benzene rings is 4. The number of hydrogen-bond acceptors (Lipinski definition) is 4. The van der Waals surface area contributed by atoms with Crippen molar-refractivity contribution in [1.82, 2.24) is 10.4 Å². The second-order valence-electron chi connectivity index (χ2n) is 8.69. The van der Waals surface area contributed by atoms with Crippen molar-refractivity contribution in [3.8, 4) is 16.9 Å². The molecule has 0 unspecified atom stereocenters. The summed E-state index contributed by atoms with van der Waals surface area (Å²) in [4.78, 5) is 29.2. The molecule has 1 aromatic heterocycles. The molecule has 1 heterocycles. The van der Waals surface area contributed by atoms with Crippen molar-refractivity contribution in [3.63, 3.8) is 0 Å². The molecule has 5 rings (SSSR count). The number of halogens is 3. The van der Waals surface area contributed by atoms with Crippen LogP contribution in [0.15, 0.2) is 99.0 Å². The van der Waals surface area contributed by atoms with Gasteiger partial charge in [0.2, 0.25) is 0 Å². The Kier molecular flexibility index (Phi) is 7.97. The number of amides is 1. The minimum absolute atomic E-state index is 0.300. The highest BCUT2D eigenvalue weighted by atomic mass is 79.9. The molecule has 6 nitrogen and oxygen atoms in total. The van der Waals surface area contributed by atoms with Crippen LogP contribution in [0, 0.1) is 6.92 Å². The minimum Gasteiger partial charge on any atom is -0.422 e. The maximum Gasteiger partial charge on any atom is 0.343 e. The normalized spacial score (nSPS) is 11.2. The fourth-order valence-corrected chi connectivity index (χ4v) is 5.31. The van der Waals surface area contributed by atoms with E-state index in [2.05, 4.69) is 47.4 Å². The average molecular weight is 666 g/mol. The molecule has 2 N–H and O–H groups in total. The van der Waals surface area contributed by atoms with Crippen LogP contribution in [0.3, 0.4) is 0 Å². The van der Waals surface area contributed by atoms with Gasteiger partial charge in [-0.1, -0.05) is 91.5 Å². The van der Waals surface area contributed by atoms with Gasteiger partial charge in [-0.3, -0.25) is 4.79 Å². The van der Waals surface area contributed by atoms with Gasteiger partial charge in [0.15, 0.2) is 0 Å². The zero-order valence-electron chi connectivity index (χ0n) is 20.5. The van der Waals surface area contributed by atoms with Crippen LogP contribution in [0.25, 0.3) is 22.0 Å². The summed E-state index contributed by atoms with van der Waals surface area (Å²) in [5.41, 5.74) is 7.06. The molecule has 0 fully saturated rings. The number of aromatic amines is 1. The van der Waals surface area contributed by atoms with Gasteiger partial charge in [0, 0.05) is 25.5 Å². The molecule has 4 aromatic carbocycles. The number of aryl methyl sites for hydroxylation is 1. The number of esters is 1. The van der Waals surface area contributed by atoms with Crippen LogP contribution in [0.2, 0.25) is 5.02 Å². The number of hydrogen-bond donors (Lipinski definition) is 2. The van der Waals surface area contributed by atoms with E-state index < -0.39 is 11.9 Å². The van der Waals surface area contributed by atoms with Crippen molar-refractivity contribution in [1.29, 1.82) is 0 Å². The lowest BCUT2D eigenvalue weighted by atomic mass is 10.0. The van der Waals surface area contributed by atoms with Crippen LogP contribution in [0.4, 0.5) is 0 Å². The van der Waals surface area contributed by atoms with E-state index in [4.69, 9.17) is 16.3 Å². The summed E-state index contributed by atoms with van der Waals surface area (Å²) in [5.74, 6) is -0.652. The summed E-state index contributed by atoms with van der Waals surface area (Å²) < 4.78 is 7.17. The van der Waals surface area contributed by atoms with Crippen LogP contribution >= 0.6 is 43.5 Å². The molecule has 0 aliphatic carbocycles. The van der Waals surface area contributed by atoms with Crippen molar-refractivity contribution in [2.24, 2.45) is 5.10 Å². The Bertz CT molecular complexity index is 1730. The topological polar surface area (TPSA) is 83.5 Å². The predicted octanol–water partition coefficient (Wildman–Crippen LogP) is 8.30. The van der Waals surface area contributed by atoms with Gasteiger partial charge in [-0.25, -0.2) is 10.2 Å². The highest BCUT2D eigenvalue weighted by Crippen LogP contribution is 2.37. The molecule has 0 radical (unpaired) electrons. The Balaban J connectivity index is 1.43. The monoisotopic (exact) mass is 663 g/mol. The molecule has 0 atom stereocenters. The summed E-state index contributed by atoms with van der Waals surface area (Å²) in [6.07, 6.45) is 1.43. The van der Waals surface area contributed by atoms with E-state index in [0.717, 1.165) is 25.5 Å².